The highest BCUT2D eigenvalue weighted by atomic mass is 35.5. The first-order chi connectivity index (χ1) is 9.81. The standard InChI is InChI=1S/C9H9ClN6O4S/c1-5-2-6(10)7(16(17)18)3-8(5)21(19,20)11-4-9-12-14-15-13-9/h2-3,11H,4H2,1H3,(H,12,13,14,15). The average Bonchev–Trinajstić information content (AvgIpc) is 2.88. The maximum Gasteiger partial charge on any atom is 0.289 e. The molecule has 0 amide bonds. The summed E-state index contributed by atoms with van der Waals surface area (Å²) in [6, 6.07) is 2.14. The molecule has 0 fully saturated rings. The number of sulfonamides is 1. The van der Waals surface area contributed by atoms with Gasteiger partial charge in [-0.15, -0.1) is 10.2 Å². The van der Waals surface area contributed by atoms with Gasteiger partial charge < -0.3 is 0 Å². The second kappa shape index (κ2) is 5.71. The molecular weight excluding hydrogens is 324 g/mol. The Kier molecular flexibility index (Phi) is 4.16. The molecule has 0 atom stereocenters. The van der Waals surface area contributed by atoms with Crippen LogP contribution in [0, 0.1) is 17.0 Å². The second-order valence-electron chi connectivity index (χ2n) is 3.98. The molecule has 1 aromatic heterocycles. The minimum atomic E-state index is -3.97. The van der Waals surface area contributed by atoms with Crippen LogP contribution in [0.2, 0.25) is 5.02 Å². The third-order valence-electron chi connectivity index (χ3n) is 2.54. The predicted molar refractivity (Wildman–Crippen MR) is 71.0 cm³/mol. The van der Waals surface area contributed by atoms with Crippen molar-refractivity contribution in [2.45, 2.75) is 18.4 Å². The molecule has 0 unspecified atom stereocenters. The Hall–Kier alpha value is -2.11. The summed E-state index contributed by atoms with van der Waals surface area (Å²) in [5, 5.41) is 23.3. The summed E-state index contributed by atoms with van der Waals surface area (Å²) >= 11 is 5.72. The molecule has 21 heavy (non-hydrogen) atoms. The third-order valence-corrected chi connectivity index (χ3v) is 4.39. The Bertz CT molecular complexity index is 776. The lowest BCUT2D eigenvalue weighted by molar-refractivity contribution is -0.384. The molecule has 12 heteroatoms. The first-order valence-corrected chi connectivity index (χ1v) is 7.34. The van der Waals surface area contributed by atoms with Gasteiger partial charge in [0.1, 0.15) is 5.02 Å². The molecule has 0 spiro atoms. The minimum Gasteiger partial charge on any atom is -0.258 e. The lowest BCUT2D eigenvalue weighted by Gasteiger charge is -2.08. The van der Waals surface area contributed by atoms with Gasteiger partial charge in [-0.25, -0.2) is 13.1 Å². The quantitative estimate of drug-likeness (QED) is 0.600. The first kappa shape index (κ1) is 15.3. The van der Waals surface area contributed by atoms with Crippen molar-refractivity contribution in [3.63, 3.8) is 0 Å². The number of halogens is 1. The number of aryl methyl sites for hydroxylation is 1. The normalized spacial score (nSPS) is 11.5. The fourth-order valence-corrected chi connectivity index (χ4v) is 3.08. The number of nitro benzene ring substituents is 1. The Morgan fingerprint density at radius 2 is 2.19 bits per heavy atom. The van der Waals surface area contributed by atoms with E-state index in [9.17, 15) is 18.5 Å². The summed E-state index contributed by atoms with van der Waals surface area (Å²) < 4.78 is 26.6. The lowest BCUT2D eigenvalue weighted by Crippen LogP contribution is -2.24. The molecule has 10 nitrogen and oxygen atoms in total. The Morgan fingerprint density at radius 3 is 2.76 bits per heavy atom. The highest BCUT2D eigenvalue weighted by Gasteiger charge is 2.23. The van der Waals surface area contributed by atoms with Gasteiger partial charge in [0.2, 0.25) is 10.0 Å². The molecular formula is C9H9ClN6O4S. The monoisotopic (exact) mass is 332 g/mol. The van der Waals surface area contributed by atoms with Crippen LogP contribution in [0.4, 0.5) is 5.69 Å². The van der Waals surface area contributed by atoms with E-state index in [0.717, 1.165) is 6.07 Å². The zero-order valence-corrected chi connectivity index (χ0v) is 12.1. The van der Waals surface area contributed by atoms with Gasteiger partial charge in [-0.2, -0.15) is 5.21 Å². The van der Waals surface area contributed by atoms with E-state index in [2.05, 4.69) is 25.3 Å². The van der Waals surface area contributed by atoms with E-state index in [4.69, 9.17) is 11.6 Å². The van der Waals surface area contributed by atoms with Crippen LogP contribution in [-0.2, 0) is 16.6 Å². The molecule has 2 aromatic rings. The van der Waals surface area contributed by atoms with Crippen molar-refractivity contribution < 1.29 is 13.3 Å². The largest absolute Gasteiger partial charge is 0.289 e. The number of aromatic amines is 1. The topological polar surface area (TPSA) is 144 Å². The van der Waals surface area contributed by atoms with Gasteiger partial charge in [0.25, 0.3) is 5.69 Å². The highest BCUT2D eigenvalue weighted by molar-refractivity contribution is 7.89. The van der Waals surface area contributed by atoms with Crippen LogP contribution < -0.4 is 4.72 Å². The molecule has 2 N–H and O–H groups in total. The SMILES string of the molecule is Cc1cc(Cl)c([N+](=O)[O-])cc1S(=O)(=O)NCc1nn[nH]n1. The molecule has 2 rings (SSSR count). The van der Waals surface area contributed by atoms with E-state index < -0.39 is 20.6 Å². The number of H-pyrrole nitrogens is 1. The van der Waals surface area contributed by atoms with Crippen molar-refractivity contribution in [1.82, 2.24) is 25.3 Å². The Labute approximate surface area is 123 Å². The first-order valence-electron chi connectivity index (χ1n) is 5.48. The van der Waals surface area contributed by atoms with Crippen LogP contribution in [0.1, 0.15) is 11.4 Å². The van der Waals surface area contributed by atoms with Crippen molar-refractivity contribution in [3.05, 3.63) is 38.7 Å². The van der Waals surface area contributed by atoms with Gasteiger partial charge in [0, 0.05) is 6.07 Å². The van der Waals surface area contributed by atoms with Gasteiger partial charge in [0.15, 0.2) is 5.82 Å². The number of nitro groups is 1. The van der Waals surface area contributed by atoms with Gasteiger partial charge in [-0.3, -0.25) is 10.1 Å². The van der Waals surface area contributed by atoms with Gasteiger partial charge in [-0.05, 0) is 18.6 Å². The molecule has 1 heterocycles. The van der Waals surface area contributed by atoms with Gasteiger partial charge >= 0.3 is 0 Å². The smallest absolute Gasteiger partial charge is 0.258 e. The Balaban J connectivity index is 2.35. The third kappa shape index (κ3) is 3.32. The Morgan fingerprint density at radius 1 is 1.48 bits per heavy atom. The summed E-state index contributed by atoms with van der Waals surface area (Å²) in [7, 11) is -3.97. The molecule has 0 aliphatic heterocycles. The maximum atomic E-state index is 12.2. The van der Waals surface area contributed by atoms with Crippen LogP contribution in [0.25, 0.3) is 0 Å². The summed E-state index contributed by atoms with van der Waals surface area (Å²) in [4.78, 5) is 9.85. The zero-order valence-electron chi connectivity index (χ0n) is 10.6. The number of nitrogens with one attached hydrogen (secondary N) is 2. The van der Waals surface area contributed by atoms with E-state index in [1.165, 1.54) is 13.0 Å². The second-order valence-corrected chi connectivity index (χ2v) is 6.12. The number of nitrogens with zero attached hydrogens (tertiary/aromatic N) is 4. The van der Waals surface area contributed by atoms with Gasteiger partial charge in [-0.1, -0.05) is 16.8 Å². The number of benzene rings is 1. The van der Waals surface area contributed by atoms with Crippen LogP contribution in [0.3, 0.4) is 0 Å². The predicted octanol–water partition coefficient (Wildman–Crippen LogP) is 0.548. The number of hydrogen-bond donors (Lipinski definition) is 2. The fraction of sp³-hybridized carbons (Fsp3) is 0.222. The van der Waals surface area contributed by atoms with Crippen molar-refractivity contribution in [2.75, 3.05) is 0 Å². The number of hydrogen-bond acceptors (Lipinski definition) is 7. The van der Waals surface area contributed by atoms with Gasteiger partial charge in [0.05, 0.1) is 16.4 Å². The van der Waals surface area contributed by atoms with E-state index in [0.29, 0.717) is 0 Å². The number of tetrazole rings is 1. The number of aromatic nitrogens is 4. The maximum absolute atomic E-state index is 12.2. The van der Waals surface area contributed by atoms with Crippen LogP contribution in [-0.4, -0.2) is 34.0 Å². The van der Waals surface area contributed by atoms with Crippen molar-refractivity contribution in [2.24, 2.45) is 0 Å². The van der Waals surface area contributed by atoms with Crippen molar-refractivity contribution in [3.8, 4) is 0 Å². The summed E-state index contributed by atoms with van der Waals surface area (Å²) in [5.41, 5.74) is -0.201. The molecule has 112 valence electrons. The summed E-state index contributed by atoms with van der Waals surface area (Å²) in [5.74, 6) is 0.139. The van der Waals surface area contributed by atoms with Crippen molar-refractivity contribution in [1.29, 1.82) is 0 Å². The van der Waals surface area contributed by atoms with E-state index >= 15 is 0 Å². The highest BCUT2D eigenvalue weighted by Crippen LogP contribution is 2.30. The molecule has 0 saturated heterocycles. The molecule has 0 bridgehead atoms. The van der Waals surface area contributed by atoms with E-state index in [-0.39, 0.29) is 27.9 Å². The van der Waals surface area contributed by atoms with Crippen LogP contribution in [0.15, 0.2) is 17.0 Å². The van der Waals surface area contributed by atoms with Crippen LogP contribution >= 0.6 is 11.6 Å². The molecule has 0 aliphatic carbocycles. The van der Waals surface area contributed by atoms with Crippen molar-refractivity contribution >= 4 is 27.3 Å². The summed E-state index contributed by atoms with van der Waals surface area (Å²) in [6.45, 7) is 1.28. The molecule has 0 aliphatic rings. The molecule has 1 aromatic carbocycles. The average molecular weight is 333 g/mol. The lowest BCUT2D eigenvalue weighted by atomic mass is 10.2. The van der Waals surface area contributed by atoms with E-state index in [1.54, 1.807) is 0 Å². The zero-order chi connectivity index (χ0) is 15.6. The fourth-order valence-electron chi connectivity index (χ4n) is 1.57. The molecule has 0 radical (unpaired) electrons. The van der Waals surface area contributed by atoms with E-state index in [1.807, 2.05) is 0 Å². The number of rotatable bonds is 5. The minimum absolute atomic E-state index is 0.130. The summed E-state index contributed by atoms with van der Waals surface area (Å²) in [6.07, 6.45) is 0. The van der Waals surface area contributed by atoms with Crippen LogP contribution in [0.5, 0.6) is 0 Å². The molecule has 0 saturated carbocycles.